The van der Waals surface area contributed by atoms with Crippen LogP contribution in [0.3, 0.4) is 0 Å². The molecule has 1 amide bonds. The van der Waals surface area contributed by atoms with Crippen molar-refractivity contribution in [2.75, 3.05) is 19.7 Å². The van der Waals surface area contributed by atoms with Crippen LogP contribution in [-0.2, 0) is 16.0 Å². The summed E-state index contributed by atoms with van der Waals surface area (Å²) in [5.74, 6) is -0.546. The zero-order chi connectivity index (χ0) is 16.8. The minimum Gasteiger partial charge on any atom is -0.452 e. The third kappa shape index (κ3) is 4.02. The van der Waals surface area contributed by atoms with Gasteiger partial charge in [0.1, 0.15) is 0 Å². The molecular weight excluding hydrogens is 302 g/mol. The number of ether oxygens (including phenoxy) is 1. The van der Waals surface area contributed by atoms with Gasteiger partial charge in [-0.3, -0.25) is 4.79 Å². The van der Waals surface area contributed by atoms with Crippen molar-refractivity contribution in [3.8, 4) is 0 Å². The minimum atomic E-state index is -0.436. The summed E-state index contributed by atoms with van der Waals surface area (Å²) in [5, 5.41) is 0. The van der Waals surface area contributed by atoms with Crippen LogP contribution in [0.5, 0.6) is 0 Å². The summed E-state index contributed by atoms with van der Waals surface area (Å²) in [5.41, 5.74) is 2.56. The van der Waals surface area contributed by atoms with Crippen molar-refractivity contribution in [2.24, 2.45) is 0 Å². The number of likely N-dealkylation sites (tertiary alicyclic amines) is 1. The predicted octanol–water partition coefficient (Wildman–Crippen LogP) is 3.06. The van der Waals surface area contributed by atoms with E-state index in [0.29, 0.717) is 12.0 Å². The van der Waals surface area contributed by atoms with Crippen LogP contribution < -0.4 is 0 Å². The summed E-state index contributed by atoms with van der Waals surface area (Å²) in [6.45, 7) is 1.35. The number of carbonyl (C=O) groups is 2. The number of carbonyl (C=O) groups excluding carboxylic acids is 2. The van der Waals surface area contributed by atoms with Crippen molar-refractivity contribution in [1.82, 2.24) is 4.90 Å². The summed E-state index contributed by atoms with van der Waals surface area (Å²) in [6, 6.07) is 17.4. The molecule has 124 valence electrons. The molecule has 0 atom stereocenters. The molecule has 0 aromatic heterocycles. The summed E-state index contributed by atoms with van der Waals surface area (Å²) < 4.78 is 5.25. The van der Waals surface area contributed by atoms with Crippen molar-refractivity contribution in [3.05, 3.63) is 71.3 Å². The number of rotatable bonds is 5. The van der Waals surface area contributed by atoms with Crippen LogP contribution in [0.1, 0.15) is 34.3 Å². The monoisotopic (exact) mass is 323 g/mol. The Morgan fingerprint density at radius 1 is 0.917 bits per heavy atom. The highest BCUT2D eigenvalue weighted by Gasteiger charge is 2.20. The smallest absolute Gasteiger partial charge is 0.338 e. The molecule has 0 radical (unpaired) electrons. The second-order valence-electron chi connectivity index (χ2n) is 5.98. The average Bonchev–Trinajstić information content (AvgIpc) is 3.15. The Balaban J connectivity index is 1.65. The standard InChI is InChI=1S/C20H21NO3/c22-19(21-12-6-7-13-21)15-24-20(23)18-11-5-4-10-17(18)14-16-8-2-1-3-9-16/h1-5,8-11H,6-7,12-15H2. The zero-order valence-corrected chi connectivity index (χ0v) is 13.6. The molecule has 24 heavy (non-hydrogen) atoms. The largest absolute Gasteiger partial charge is 0.452 e. The highest BCUT2D eigenvalue weighted by Crippen LogP contribution is 2.16. The van der Waals surface area contributed by atoms with Crippen LogP contribution >= 0.6 is 0 Å². The molecule has 0 spiro atoms. The Bertz CT molecular complexity index is 706. The third-order valence-electron chi connectivity index (χ3n) is 4.26. The molecule has 1 heterocycles. The highest BCUT2D eigenvalue weighted by atomic mass is 16.5. The van der Waals surface area contributed by atoms with Crippen molar-refractivity contribution in [2.45, 2.75) is 19.3 Å². The fourth-order valence-corrected chi connectivity index (χ4v) is 2.95. The molecular formula is C20H21NO3. The van der Waals surface area contributed by atoms with E-state index in [9.17, 15) is 9.59 Å². The summed E-state index contributed by atoms with van der Waals surface area (Å²) in [6.07, 6.45) is 2.71. The van der Waals surface area contributed by atoms with E-state index in [1.807, 2.05) is 48.5 Å². The van der Waals surface area contributed by atoms with E-state index in [2.05, 4.69) is 0 Å². The van der Waals surface area contributed by atoms with Gasteiger partial charge in [-0.05, 0) is 36.5 Å². The molecule has 0 aliphatic carbocycles. The summed E-state index contributed by atoms with van der Waals surface area (Å²) in [4.78, 5) is 26.1. The van der Waals surface area contributed by atoms with Crippen LogP contribution in [0.25, 0.3) is 0 Å². The van der Waals surface area contributed by atoms with Gasteiger partial charge >= 0.3 is 5.97 Å². The fraction of sp³-hybridized carbons (Fsp3) is 0.300. The van der Waals surface area contributed by atoms with Crippen LogP contribution in [0.15, 0.2) is 54.6 Å². The molecule has 1 fully saturated rings. The lowest BCUT2D eigenvalue weighted by Crippen LogP contribution is -2.32. The first-order valence-electron chi connectivity index (χ1n) is 8.31. The van der Waals surface area contributed by atoms with Crippen molar-refractivity contribution >= 4 is 11.9 Å². The Morgan fingerprint density at radius 2 is 1.58 bits per heavy atom. The van der Waals surface area contributed by atoms with Gasteiger partial charge in [0.25, 0.3) is 5.91 Å². The number of benzene rings is 2. The van der Waals surface area contributed by atoms with Gasteiger partial charge < -0.3 is 9.64 Å². The van der Waals surface area contributed by atoms with Gasteiger partial charge in [-0.1, -0.05) is 48.5 Å². The van der Waals surface area contributed by atoms with E-state index in [0.717, 1.165) is 37.1 Å². The number of esters is 1. The maximum Gasteiger partial charge on any atom is 0.338 e. The lowest BCUT2D eigenvalue weighted by molar-refractivity contribution is -0.133. The topological polar surface area (TPSA) is 46.6 Å². The molecule has 1 aliphatic heterocycles. The van der Waals surface area contributed by atoms with Crippen molar-refractivity contribution in [1.29, 1.82) is 0 Å². The lowest BCUT2D eigenvalue weighted by atomic mass is 10.00. The van der Waals surface area contributed by atoms with Crippen LogP contribution in [0, 0.1) is 0 Å². The molecule has 1 aliphatic rings. The zero-order valence-electron chi connectivity index (χ0n) is 13.6. The Morgan fingerprint density at radius 3 is 2.33 bits per heavy atom. The quantitative estimate of drug-likeness (QED) is 0.795. The highest BCUT2D eigenvalue weighted by molar-refractivity contribution is 5.92. The second kappa shape index (κ2) is 7.77. The molecule has 0 saturated carbocycles. The first kappa shape index (κ1) is 16.2. The molecule has 0 unspecified atom stereocenters. The van der Waals surface area contributed by atoms with Gasteiger partial charge in [0, 0.05) is 13.1 Å². The Labute approximate surface area is 142 Å². The van der Waals surface area contributed by atoms with Gasteiger partial charge in [-0.2, -0.15) is 0 Å². The molecule has 1 saturated heterocycles. The summed E-state index contributed by atoms with van der Waals surface area (Å²) in [7, 11) is 0. The molecule has 4 nitrogen and oxygen atoms in total. The SMILES string of the molecule is O=C(OCC(=O)N1CCCC1)c1ccccc1Cc1ccccc1. The van der Waals surface area contributed by atoms with E-state index in [1.165, 1.54) is 0 Å². The molecule has 4 heteroatoms. The van der Waals surface area contributed by atoms with Crippen LogP contribution in [0.2, 0.25) is 0 Å². The molecule has 0 N–H and O–H groups in total. The number of nitrogens with zero attached hydrogens (tertiary/aromatic N) is 1. The Kier molecular flexibility index (Phi) is 5.26. The van der Waals surface area contributed by atoms with Crippen LogP contribution in [0.4, 0.5) is 0 Å². The molecule has 3 rings (SSSR count). The first-order valence-corrected chi connectivity index (χ1v) is 8.31. The van der Waals surface area contributed by atoms with Gasteiger partial charge in [-0.15, -0.1) is 0 Å². The van der Waals surface area contributed by atoms with E-state index in [-0.39, 0.29) is 12.5 Å². The fourth-order valence-electron chi connectivity index (χ4n) is 2.95. The van der Waals surface area contributed by atoms with Crippen molar-refractivity contribution < 1.29 is 14.3 Å². The van der Waals surface area contributed by atoms with E-state index in [4.69, 9.17) is 4.74 Å². The first-order chi connectivity index (χ1) is 11.7. The minimum absolute atomic E-state index is 0.110. The van der Waals surface area contributed by atoms with E-state index >= 15 is 0 Å². The van der Waals surface area contributed by atoms with Gasteiger partial charge in [-0.25, -0.2) is 4.79 Å². The summed E-state index contributed by atoms with van der Waals surface area (Å²) >= 11 is 0. The van der Waals surface area contributed by atoms with Crippen molar-refractivity contribution in [3.63, 3.8) is 0 Å². The molecule has 2 aromatic rings. The molecule has 0 bridgehead atoms. The maximum absolute atomic E-state index is 12.4. The van der Waals surface area contributed by atoms with Gasteiger partial charge in [0.15, 0.2) is 6.61 Å². The maximum atomic E-state index is 12.4. The normalized spacial score (nSPS) is 13.8. The second-order valence-corrected chi connectivity index (χ2v) is 5.98. The lowest BCUT2D eigenvalue weighted by Gasteiger charge is -2.15. The number of hydrogen-bond donors (Lipinski definition) is 0. The van der Waals surface area contributed by atoms with E-state index in [1.54, 1.807) is 11.0 Å². The number of hydrogen-bond acceptors (Lipinski definition) is 3. The van der Waals surface area contributed by atoms with Gasteiger partial charge in [0.05, 0.1) is 5.56 Å². The average molecular weight is 323 g/mol. The number of amides is 1. The van der Waals surface area contributed by atoms with Crippen LogP contribution in [-0.4, -0.2) is 36.5 Å². The Hall–Kier alpha value is -2.62. The predicted molar refractivity (Wildman–Crippen MR) is 91.8 cm³/mol. The van der Waals surface area contributed by atoms with Gasteiger partial charge in [0.2, 0.25) is 0 Å². The molecule has 2 aromatic carbocycles. The third-order valence-corrected chi connectivity index (χ3v) is 4.26. The van der Waals surface area contributed by atoms with E-state index < -0.39 is 5.97 Å².